The first-order valence-corrected chi connectivity index (χ1v) is 6.83. The van der Waals surface area contributed by atoms with Crippen LogP contribution in [-0.2, 0) is 6.54 Å². The summed E-state index contributed by atoms with van der Waals surface area (Å²) in [5.74, 6) is -0.685. The summed E-state index contributed by atoms with van der Waals surface area (Å²) in [4.78, 5) is 11.3. The van der Waals surface area contributed by atoms with Crippen molar-refractivity contribution in [3.63, 3.8) is 0 Å². The van der Waals surface area contributed by atoms with Gasteiger partial charge in [-0.1, -0.05) is 49.2 Å². The summed E-state index contributed by atoms with van der Waals surface area (Å²) >= 11 is 5.87. The fourth-order valence-corrected chi connectivity index (χ4v) is 2.03. The number of carboxylic acid groups (broad SMARTS) is 1. The van der Waals surface area contributed by atoms with Gasteiger partial charge in [0, 0.05) is 17.1 Å². The Labute approximate surface area is 122 Å². The van der Waals surface area contributed by atoms with Gasteiger partial charge in [0.15, 0.2) is 5.69 Å². The molecule has 0 spiro atoms. The molecule has 106 valence electrons. The molecule has 1 atom stereocenters. The molecule has 0 radical (unpaired) electrons. The Morgan fingerprint density at radius 3 is 2.60 bits per heavy atom. The zero-order chi connectivity index (χ0) is 14.7. The predicted molar refractivity (Wildman–Crippen MR) is 76.9 cm³/mol. The summed E-state index contributed by atoms with van der Waals surface area (Å²) in [7, 11) is 0. The fourth-order valence-electron chi connectivity index (χ4n) is 1.90. The Morgan fingerprint density at radius 2 is 2.05 bits per heavy atom. The lowest BCUT2D eigenvalue weighted by Crippen LogP contribution is -2.10. The molecule has 1 heterocycles. The third-order valence-corrected chi connectivity index (χ3v) is 3.49. The van der Waals surface area contributed by atoms with Crippen molar-refractivity contribution in [2.45, 2.75) is 26.8 Å². The number of aromatic nitrogens is 3. The summed E-state index contributed by atoms with van der Waals surface area (Å²) in [5, 5.41) is 17.6. The molecule has 2 aromatic rings. The van der Waals surface area contributed by atoms with E-state index in [4.69, 9.17) is 11.6 Å². The molecule has 0 bridgehead atoms. The molecule has 0 aliphatic carbocycles. The smallest absolute Gasteiger partial charge is 0.358 e. The minimum absolute atomic E-state index is 0.0318. The van der Waals surface area contributed by atoms with Crippen molar-refractivity contribution in [2.24, 2.45) is 5.92 Å². The van der Waals surface area contributed by atoms with Crippen LogP contribution in [0.1, 0.15) is 30.8 Å². The molecule has 1 aromatic carbocycles. The van der Waals surface area contributed by atoms with Crippen molar-refractivity contribution in [1.82, 2.24) is 15.0 Å². The molecule has 20 heavy (non-hydrogen) atoms. The molecular weight excluding hydrogens is 278 g/mol. The van der Waals surface area contributed by atoms with Gasteiger partial charge in [-0.15, -0.1) is 5.10 Å². The van der Waals surface area contributed by atoms with Crippen LogP contribution in [-0.4, -0.2) is 26.1 Å². The maximum Gasteiger partial charge on any atom is 0.358 e. The summed E-state index contributed by atoms with van der Waals surface area (Å²) in [6.45, 7) is 4.81. The minimum atomic E-state index is -1.08. The Hall–Kier alpha value is -1.88. The molecule has 2 rings (SSSR count). The van der Waals surface area contributed by atoms with Crippen LogP contribution in [0, 0.1) is 5.92 Å². The molecule has 0 aliphatic heterocycles. The fraction of sp³-hybridized carbons (Fsp3) is 0.357. The quantitative estimate of drug-likeness (QED) is 0.918. The van der Waals surface area contributed by atoms with E-state index in [1.54, 1.807) is 28.9 Å². The number of benzene rings is 1. The van der Waals surface area contributed by atoms with Crippen LogP contribution < -0.4 is 0 Å². The summed E-state index contributed by atoms with van der Waals surface area (Å²) < 4.78 is 1.65. The number of carboxylic acids is 1. The molecule has 1 aromatic heterocycles. The number of carbonyl (C=O) groups is 1. The number of aromatic carboxylic acids is 1. The van der Waals surface area contributed by atoms with Crippen molar-refractivity contribution >= 4 is 17.6 Å². The molecular formula is C14H16ClN3O2. The average Bonchev–Trinajstić information content (AvgIpc) is 2.83. The highest BCUT2D eigenvalue weighted by molar-refractivity contribution is 6.30. The maximum atomic E-state index is 11.3. The van der Waals surface area contributed by atoms with E-state index in [-0.39, 0.29) is 5.69 Å². The SMILES string of the molecule is CCC(C)Cn1nnc(C(=O)O)c1-c1ccc(Cl)cc1. The predicted octanol–water partition coefficient (Wildman–Crippen LogP) is 3.34. The van der Waals surface area contributed by atoms with Crippen LogP contribution in [0.15, 0.2) is 24.3 Å². The number of hydrogen-bond acceptors (Lipinski definition) is 3. The first-order chi connectivity index (χ1) is 9.52. The average molecular weight is 294 g/mol. The molecule has 0 aliphatic rings. The Balaban J connectivity index is 2.49. The van der Waals surface area contributed by atoms with E-state index in [1.807, 2.05) is 0 Å². The van der Waals surface area contributed by atoms with E-state index in [9.17, 15) is 9.90 Å². The van der Waals surface area contributed by atoms with Gasteiger partial charge in [0.25, 0.3) is 0 Å². The van der Waals surface area contributed by atoms with Crippen LogP contribution in [0.4, 0.5) is 0 Å². The topological polar surface area (TPSA) is 68.0 Å². The van der Waals surface area contributed by atoms with Crippen LogP contribution in [0.2, 0.25) is 5.02 Å². The Kier molecular flexibility index (Phi) is 4.39. The lowest BCUT2D eigenvalue weighted by Gasteiger charge is -2.11. The lowest BCUT2D eigenvalue weighted by atomic mass is 10.1. The molecule has 0 saturated carbocycles. The summed E-state index contributed by atoms with van der Waals surface area (Å²) in [5.41, 5.74) is 1.24. The van der Waals surface area contributed by atoms with Gasteiger partial charge in [-0.3, -0.25) is 0 Å². The van der Waals surface area contributed by atoms with E-state index in [0.717, 1.165) is 12.0 Å². The normalized spacial score (nSPS) is 12.3. The second-order valence-corrected chi connectivity index (χ2v) is 5.23. The standard InChI is InChI=1S/C14H16ClN3O2/c1-3-9(2)8-18-13(12(14(19)20)16-17-18)10-4-6-11(15)7-5-10/h4-7,9H,3,8H2,1-2H3,(H,19,20). The van der Waals surface area contributed by atoms with Crippen molar-refractivity contribution in [1.29, 1.82) is 0 Å². The van der Waals surface area contributed by atoms with E-state index < -0.39 is 5.97 Å². The highest BCUT2D eigenvalue weighted by Crippen LogP contribution is 2.25. The molecule has 1 unspecified atom stereocenters. The summed E-state index contributed by atoms with van der Waals surface area (Å²) in [6.07, 6.45) is 0.988. The zero-order valence-electron chi connectivity index (χ0n) is 11.4. The molecule has 0 fully saturated rings. The van der Waals surface area contributed by atoms with E-state index >= 15 is 0 Å². The third-order valence-electron chi connectivity index (χ3n) is 3.24. The Morgan fingerprint density at radius 1 is 1.40 bits per heavy atom. The van der Waals surface area contributed by atoms with Crippen molar-refractivity contribution < 1.29 is 9.90 Å². The van der Waals surface area contributed by atoms with Crippen molar-refractivity contribution in [3.05, 3.63) is 35.0 Å². The molecule has 6 heteroatoms. The van der Waals surface area contributed by atoms with Crippen LogP contribution in [0.25, 0.3) is 11.3 Å². The monoisotopic (exact) mass is 293 g/mol. The van der Waals surface area contributed by atoms with Gasteiger partial charge in [0.2, 0.25) is 0 Å². The molecule has 0 saturated heterocycles. The second-order valence-electron chi connectivity index (χ2n) is 4.79. The van der Waals surface area contributed by atoms with Gasteiger partial charge in [-0.05, 0) is 18.1 Å². The van der Waals surface area contributed by atoms with Crippen molar-refractivity contribution in [2.75, 3.05) is 0 Å². The number of nitrogens with zero attached hydrogens (tertiary/aromatic N) is 3. The van der Waals surface area contributed by atoms with E-state index in [0.29, 0.717) is 23.2 Å². The summed E-state index contributed by atoms with van der Waals surface area (Å²) in [6, 6.07) is 7.01. The van der Waals surface area contributed by atoms with Gasteiger partial charge in [0.05, 0.1) is 0 Å². The highest BCUT2D eigenvalue weighted by atomic mass is 35.5. The van der Waals surface area contributed by atoms with Gasteiger partial charge >= 0.3 is 5.97 Å². The molecule has 0 amide bonds. The Bertz CT molecular complexity index is 607. The number of halogens is 1. The zero-order valence-corrected chi connectivity index (χ0v) is 12.1. The maximum absolute atomic E-state index is 11.3. The minimum Gasteiger partial charge on any atom is -0.476 e. The molecule has 5 nitrogen and oxygen atoms in total. The molecule has 1 N–H and O–H groups in total. The van der Waals surface area contributed by atoms with E-state index in [2.05, 4.69) is 24.2 Å². The van der Waals surface area contributed by atoms with Gasteiger partial charge < -0.3 is 5.11 Å². The third kappa shape index (κ3) is 2.99. The largest absolute Gasteiger partial charge is 0.476 e. The van der Waals surface area contributed by atoms with Gasteiger partial charge in [-0.2, -0.15) is 0 Å². The van der Waals surface area contributed by atoms with Crippen LogP contribution in [0.5, 0.6) is 0 Å². The van der Waals surface area contributed by atoms with Crippen LogP contribution in [0.3, 0.4) is 0 Å². The number of rotatable bonds is 5. The van der Waals surface area contributed by atoms with Gasteiger partial charge in [0.1, 0.15) is 5.69 Å². The lowest BCUT2D eigenvalue weighted by molar-refractivity contribution is 0.0691. The first-order valence-electron chi connectivity index (χ1n) is 6.45. The highest BCUT2D eigenvalue weighted by Gasteiger charge is 2.21. The van der Waals surface area contributed by atoms with Crippen LogP contribution >= 0.6 is 11.6 Å². The van der Waals surface area contributed by atoms with Crippen molar-refractivity contribution in [3.8, 4) is 11.3 Å². The van der Waals surface area contributed by atoms with E-state index in [1.165, 1.54) is 0 Å². The first kappa shape index (κ1) is 14.5. The number of hydrogen-bond donors (Lipinski definition) is 1. The second kappa shape index (κ2) is 6.05. The van der Waals surface area contributed by atoms with Gasteiger partial charge in [-0.25, -0.2) is 9.48 Å².